The summed E-state index contributed by atoms with van der Waals surface area (Å²) in [7, 11) is 1.55. The Hall–Kier alpha value is -2.74. The Bertz CT molecular complexity index is 922. The quantitative estimate of drug-likeness (QED) is 0.797. The van der Waals surface area contributed by atoms with Crippen LogP contribution in [0.15, 0.2) is 18.2 Å². The lowest BCUT2D eigenvalue weighted by Crippen LogP contribution is -2.28. The van der Waals surface area contributed by atoms with Crippen LogP contribution in [0, 0.1) is 19.8 Å². The van der Waals surface area contributed by atoms with Gasteiger partial charge in [0.15, 0.2) is 10.9 Å². The predicted octanol–water partition coefficient (Wildman–Crippen LogP) is 2.96. The molecule has 1 atom stereocenters. The largest absolute Gasteiger partial charge is 0.495 e. The first-order valence-electron chi connectivity index (χ1n) is 8.54. The Balaban J connectivity index is 1.75. The van der Waals surface area contributed by atoms with Gasteiger partial charge in [-0.15, -0.1) is 0 Å². The molecule has 1 saturated heterocycles. The molecule has 1 N–H and O–H groups in total. The van der Waals surface area contributed by atoms with E-state index in [1.165, 1.54) is 6.92 Å². The van der Waals surface area contributed by atoms with E-state index >= 15 is 0 Å². The Morgan fingerprint density at radius 2 is 2.07 bits per heavy atom. The van der Waals surface area contributed by atoms with Gasteiger partial charge < -0.3 is 15.0 Å². The second-order valence-electron chi connectivity index (χ2n) is 6.56. The van der Waals surface area contributed by atoms with E-state index in [0.29, 0.717) is 27.1 Å². The molecule has 2 amide bonds. The minimum Gasteiger partial charge on any atom is -0.495 e. The summed E-state index contributed by atoms with van der Waals surface area (Å²) in [4.78, 5) is 43.0. The van der Waals surface area contributed by atoms with Gasteiger partial charge in [-0.3, -0.25) is 14.4 Å². The minimum absolute atomic E-state index is 0.0840. The van der Waals surface area contributed by atoms with E-state index in [0.717, 1.165) is 16.9 Å². The first-order valence-corrected chi connectivity index (χ1v) is 9.36. The predicted molar refractivity (Wildman–Crippen MR) is 104 cm³/mol. The fourth-order valence-electron chi connectivity index (χ4n) is 3.11. The zero-order valence-corrected chi connectivity index (χ0v) is 16.5. The van der Waals surface area contributed by atoms with E-state index in [9.17, 15) is 14.4 Å². The molecule has 1 unspecified atom stereocenters. The molecular formula is C19H21N3O4S. The first-order chi connectivity index (χ1) is 12.8. The number of thiazole rings is 1. The van der Waals surface area contributed by atoms with Crippen LogP contribution >= 0.6 is 11.3 Å². The van der Waals surface area contributed by atoms with E-state index < -0.39 is 5.92 Å². The number of ketones is 1. The van der Waals surface area contributed by atoms with Gasteiger partial charge in [-0.25, -0.2) is 4.98 Å². The van der Waals surface area contributed by atoms with Crippen molar-refractivity contribution in [2.75, 3.05) is 23.9 Å². The highest BCUT2D eigenvalue weighted by molar-refractivity contribution is 7.17. The van der Waals surface area contributed by atoms with Gasteiger partial charge >= 0.3 is 0 Å². The van der Waals surface area contributed by atoms with Gasteiger partial charge in [0, 0.05) is 19.9 Å². The molecule has 0 radical (unpaired) electrons. The number of hydrogen-bond donors (Lipinski definition) is 1. The molecule has 1 aliphatic heterocycles. The van der Waals surface area contributed by atoms with Crippen molar-refractivity contribution in [1.29, 1.82) is 0 Å². The summed E-state index contributed by atoms with van der Waals surface area (Å²) in [6.07, 6.45) is 0.118. The number of hydrogen-bond acceptors (Lipinski definition) is 6. The van der Waals surface area contributed by atoms with E-state index in [2.05, 4.69) is 10.3 Å². The van der Waals surface area contributed by atoms with Crippen LogP contribution < -0.4 is 15.0 Å². The molecule has 1 aliphatic rings. The molecule has 2 aromatic rings. The van der Waals surface area contributed by atoms with Gasteiger partial charge in [0.25, 0.3) is 0 Å². The summed E-state index contributed by atoms with van der Waals surface area (Å²) in [5, 5.41) is 3.12. The normalized spacial score (nSPS) is 16.5. The number of amides is 2. The van der Waals surface area contributed by atoms with Crippen molar-refractivity contribution in [1.82, 2.24) is 4.98 Å². The van der Waals surface area contributed by atoms with Crippen molar-refractivity contribution in [2.45, 2.75) is 27.2 Å². The molecule has 0 aliphatic carbocycles. The van der Waals surface area contributed by atoms with E-state index in [4.69, 9.17) is 4.74 Å². The average Bonchev–Trinajstić information content (AvgIpc) is 3.17. The Kier molecular flexibility index (Phi) is 5.27. The topological polar surface area (TPSA) is 88.6 Å². The van der Waals surface area contributed by atoms with Crippen LogP contribution in [0.2, 0.25) is 0 Å². The molecule has 8 heteroatoms. The molecule has 7 nitrogen and oxygen atoms in total. The summed E-state index contributed by atoms with van der Waals surface area (Å²) in [6.45, 7) is 5.40. The van der Waals surface area contributed by atoms with Crippen molar-refractivity contribution in [2.24, 2.45) is 5.92 Å². The molecule has 1 fully saturated rings. The Morgan fingerprint density at radius 3 is 2.70 bits per heavy atom. The van der Waals surface area contributed by atoms with Gasteiger partial charge in [0.2, 0.25) is 11.8 Å². The molecule has 27 heavy (non-hydrogen) atoms. The van der Waals surface area contributed by atoms with Crippen molar-refractivity contribution in [3.05, 3.63) is 34.3 Å². The highest BCUT2D eigenvalue weighted by atomic mass is 32.1. The van der Waals surface area contributed by atoms with Crippen LogP contribution in [0.4, 0.5) is 10.8 Å². The standard InChI is InChI=1S/C19H21N3O4S/c1-10-5-6-15(26-4)14(7-10)22-9-13(8-16(22)24)18(25)21-19-20-11(2)17(27-19)12(3)23/h5-7,13H,8-9H2,1-4H3,(H,20,21,25). The zero-order chi connectivity index (χ0) is 19.7. The van der Waals surface area contributed by atoms with Crippen LogP contribution in [-0.4, -0.2) is 36.2 Å². The third-order valence-corrected chi connectivity index (χ3v) is 5.64. The third-order valence-electron chi connectivity index (χ3n) is 4.47. The van der Waals surface area contributed by atoms with Crippen LogP contribution in [-0.2, 0) is 9.59 Å². The number of ether oxygens (including phenoxy) is 1. The number of rotatable bonds is 5. The SMILES string of the molecule is COc1ccc(C)cc1N1CC(C(=O)Nc2nc(C)c(C(C)=O)s2)CC1=O. The number of aryl methyl sites for hydroxylation is 2. The minimum atomic E-state index is -0.493. The number of carbonyl (C=O) groups excluding carboxylic acids is 3. The number of carbonyl (C=O) groups is 3. The molecule has 142 valence electrons. The van der Waals surface area contributed by atoms with Gasteiger partial charge in [-0.1, -0.05) is 17.4 Å². The molecule has 2 heterocycles. The smallest absolute Gasteiger partial charge is 0.231 e. The number of nitrogens with zero attached hydrogens (tertiary/aromatic N) is 2. The molecule has 0 bridgehead atoms. The zero-order valence-electron chi connectivity index (χ0n) is 15.7. The summed E-state index contributed by atoms with van der Waals surface area (Å²) in [5.74, 6) is -0.385. The fourth-order valence-corrected chi connectivity index (χ4v) is 3.98. The number of methoxy groups -OCH3 is 1. The monoisotopic (exact) mass is 387 g/mol. The molecular weight excluding hydrogens is 366 g/mol. The van der Waals surface area contributed by atoms with Crippen molar-refractivity contribution in [3.63, 3.8) is 0 Å². The lowest BCUT2D eigenvalue weighted by Gasteiger charge is -2.20. The third kappa shape index (κ3) is 3.85. The second-order valence-corrected chi connectivity index (χ2v) is 7.56. The summed E-state index contributed by atoms with van der Waals surface area (Å²) < 4.78 is 5.36. The molecule has 0 saturated carbocycles. The number of anilines is 2. The van der Waals surface area contributed by atoms with Gasteiger partial charge in [-0.05, 0) is 31.5 Å². The van der Waals surface area contributed by atoms with Crippen molar-refractivity contribution < 1.29 is 19.1 Å². The molecule has 1 aromatic carbocycles. The van der Waals surface area contributed by atoms with Gasteiger partial charge in [0.05, 0.1) is 29.3 Å². The van der Waals surface area contributed by atoms with Crippen LogP contribution in [0.1, 0.15) is 34.3 Å². The lowest BCUT2D eigenvalue weighted by molar-refractivity contribution is -0.122. The molecule has 1 aromatic heterocycles. The van der Waals surface area contributed by atoms with Crippen LogP contribution in [0.5, 0.6) is 5.75 Å². The highest BCUT2D eigenvalue weighted by Gasteiger charge is 2.36. The molecule has 0 spiro atoms. The van der Waals surface area contributed by atoms with E-state index in [1.54, 1.807) is 18.9 Å². The summed E-state index contributed by atoms with van der Waals surface area (Å²) >= 11 is 1.15. The first kappa shape index (κ1) is 19.0. The summed E-state index contributed by atoms with van der Waals surface area (Å²) in [5.41, 5.74) is 2.26. The lowest BCUT2D eigenvalue weighted by atomic mass is 10.1. The van der Waals surface area contributed by atoms with E-state index in [1.807, 2.05) is 25.1 Å². The van der Waals surface area contributed by atoms with Gasteiger partial charge in [-0.2, -0.15) is 0 Å². The number of Topliss-reactive ketones (excluding diaryl/α,β-unsaturated/α-hetero) is 1. The Labute approximate surface area is 161 Å². The Morgan fingerprint density at radius 1 is 1.33 bits per heavy atom. The number of benzene rings is 1. The maximum Gasteiger partial charge on any atom is 0.231 e. The van der Waals surface area contributed by atoms with Gasteiger partial charge in [0.1, 0.15) is 5.75 Å². The fraction of sp³-hybridized carbons (Fsp3) is 0.368. The highest BCUT2D eigenvalue weighted by Crippen LogP contribution is 2.34. The summed E-state index contributed by atoms with van der Waals surface area (Å²) in [6, 6.07) is 5.60. The maximum absolute atomic E-state index is 12.6. The maximum atomic E-state index is 12.6. The number of nitrogens with one attached hydrogen (secondary N) is 1. The second kappa shape index (κ2) is 7.48. The van der Waals surface area contributed by atoms with Crippen molar-refractivity contribution in [3.8, 4) is 5.75 Å². The molecule has 3 rings (SSSR count). The van der Waals surface area contributed by atoms with Crippen LogP contribution in [0.25, 0.3) is 0 Å². The van der Waals surface area contributed by atoms with E-state index in [-0.39, 0.29) is 30.6 Å². The number of aromatic nitrogens is 1. The average molecular weight is 387 g/mol. The van der Waals surface area contributed by atoms with Crippen molar-refractivity contribution >= 4 is 39.8 Å². The van der Waals surface area contributed by atoms with Crippen LogP contribution in [0.3, 0.4) is 0 Å².